The second kappa shape index (κ2) is 8.62. The summed E-state index contributed by atoms with van der Waals surface area (Å²) in [6, 6.07) is 33.4. The van der Waals surface area contributed by atoms with Crippen molar-refractivity contribution >= 4 is 23.2 Å². The molecule has 3 aromatic rings. The molecule has 0 aliphatic carbocycles. The molecule has 0 saturated carbocycles. The second-order valence-electron chi connectivity index (χ2n) is 6.58. The number of benzene rings is 3. The molecule has 1 atom stereocenters. The Morgan fingerprint density at radius 2 is 0.923 bits per heavy atom. The summed E-state index contributed by atoms with van der Waals surface area (Å²) in [5.41, 5.74) is 0. The molecule has 0 N–H and O–H groups in total. The lowest BCUT2D eigenvalue weighted by molar-refractivity contribution is 0.293. The van der Waals surface area contributed by atoms with Gasteiger partial charge >= 0.3 is 0 Å². The highest BCUT2D eigenvalue weighted by Crippen LogP contribution is 2.60. The van der Waals surface area contributed by atoms with Gasteiger partial charge in [-0.15, -0.1) is 0 Å². The van der Waals surface area contributed by atoms with Crippen LogP contribution >= 0.6 is 7.26 Å². The molecule has 1 radical (unpaired) electrons. The van der Waals surface area contributed by atoms with Crippen molar-refractivity contribution in [3.63, 3.8) is 0 Å². The monoisotopic (exact) mass is 362 g/mol. The molecule has 0 fully saturated rings. The minimum absolute atomic E-state index is 0.435. The van der Waals surface area contributed by atoms with Crippen LogP contribution in [0.25, 0.3) is 0 Å². The van der Waals surface area contributed by atoms with Gasteiger partial charge in [0.2, 0.25) is 0 Å². The molecule has 1 nitrogen and oxygen atoms in total. The lowest BCUT2D eigenvalue weighted by Gasteiger charge is -2.47. The highest BCUT2D eigenvalue weighted by Gasteiger charge is 2.41. The molecule has 2 heteroatoms. The molecule has 0 aromatic heterocycles. The first-order valence-corrected chi connectivity index (χ1v) is 11.4. The van der Waals surface area contributed by atoms with Crippen LogP contribution in [0.2, 0.25) is 0 Å². The number of hydrogen-bond donors (Lipinski definition) is 0. The zero-order valence-electron chi connectivity index (χ0n) is 16.0. The van der Waals surface area contributed by atoms with Crippen LogP contribution in [0.5, 0.6) is 0 Å². The Labute approximate surface area is 159 Å². The van der Waals surface area contributed by atoms with Gasteiger partial charge in [-0.3, -0.25) is 4.90 Å². The molecule has 3 rings (SSSR count). The van der Waals surface area contributed by atoms with Crippen molar-refractivity contribution in [2.24, 2.45) is 0 Å². The predicted molar refractivity (Wildman–Crippen MR) is 118 cm³/mol. The molecule has 0 saturated heterocycles. The van der Waals surface area contributed by atoms with Gasteiger partial charge in [0.25, 0.3) is 0 Å². The fraction of sp³-hybridized carbons (Fsp3) is 0.250. The Bertz CT molecular complexity index is 686. The quantitative estimate of drug-likeness (QED) is 0.552. The molecule has 1 unspecified atom stereocenters. The molecule has 26 heavy (non-hydrogen) atoms. The van der Waals surface area contributed by atoms with Crippen molar-refractivity contribution in [2.75, 3.05) is 13.1 Å². The minimum atomic E-state index is -1.81. The highest BCUT2D eigenvalue weighted by atomic mass is 31.2. The van der Waals surface area contributed by atoms with Crippen LogP contribution in [-0.2, 0) is 0 Å². The fourth-order valence-corrected chi connectivity index (χ4v) is 9.01. The Morgan fingerprint density at radius 1 is 0.615 bits per heavy atom. The third kappa shape index (κ3) is 3.34. The molecule has 135 valence electrons. The predicted octanol–water partition coefficient (Wildman–Crippen LogP) is 4.67. The summed E-state index contributed by atoms with van der Waals surface area (Å²) in [7, 11) is -1.81. The summed E-state index contributed by atoms with van der Waals surface area (Å²) in [5, 5.41) is 4.37. The third-order valence-electron chi connectivity index (χ3n) is 5.39. The molecule has 0 amide bonds. The smallest absolute Gasteiger partial charge is 0.0348 e. The SMILES string of the molecule is CCN(CC)C(C)[P](c1ccccc1)(c1ccccc1)c1ccccc1. The first-order valence-electron chi connectivity index (χ1n) is 9.54. The van der Waals surface area contributed by atoms with Gasteiger partial charge in [-0.25, -0.2) is 0 Å². The summed E-state index contributed by atoms with van der Waals surface area (Å²) in [5.74, 6) is 0.435. The lowest BCUT2D eigenvalue weighted by Crippen LogP contribution is -2.46. The molecular formula is C24H29NP. The number of hydrogen-bond acceptors (Lipinski definition) is 1. The topological polar surface area (TPSA) is 3.24 Å². The van der Waals surface area contributed by atoms with E-state index in [1.807, 2.05) is 0 Å². The van der Waals surface area contributed by atoms with E-state index in [1.54, 1.807) is 0 Å². The maximum atomic E-state index is 2.61. The van der Waals surface area contributed by atoms with Crippen molar-refractivity contribution in [3.8, 4) is 0 Å². The van der Waals surface area contributed by atoms with E-state index >= 15 is 0 Å². The highest BCUT2D eigenvalue weighted by molar-refractivity contribution is 7.96. The third-order valence-corrected chi connectivity index (χ3v) is 10.2. The van der Waals surface area contributed by atoms with Crippen LogP contribution in [0.15, 0.2) is 91.0 Å². The summed E-state index contributed by atoms with van der Waals surface area (Å²) in [6.45, 7) is 9.09. The van der Waals surface area contributed by atoms with Gasteiger partial charge in [-0.2, -0.15) is 0 Å². The van der Waals surface area contributed by atoms with E-state index in [0.717, 1.165) is 13.1 Å². The number of nitrogens with zero attached hydrogens (tertiary/aromatic N) is 1. The van der Waals surface area contributed by atoms with Gasteiger partial charge in [-0.1, -0.05) is 105 Å². The van der Waals surface area contributed by atoms with Crippen molar-refractivity contribution in [1.29, 1.82) is 0 Å². The summed E-state index contributed by atoms with van der Waals surface area (Å²) in [4.78, 5) is 2.61. The minimum Gasteiger partial charge on any atom is -0.297 e. The largest absolute Gasteiger partial charge is 0.297 e. The van der Waals surface area contributed by atoms with Crippen LogP contribution in [0.3, 0.4) is 0 Å². The van der Waals surface area contributed by atoms with Crippen LogP contribution in [-0.4, -0.2) is 23.8 Å². The maximum absolute atomic E-state index is 2.61. The Hall–Kier alpha value is -1.95. The molecule has 3 aromatic carbocycles. The summed E-state index contributed by atoms with van der Waals surface area (Å²) < 4.78 is 0. The van der Waals surface area contributed by atoms with Crippen molar-refractivity contribution in [3.05, 3.63) is 91.0 Å². The van der Waals surface area contributed by atoms with Crippen LogP contribution in [0, 0.1) is 0 Å². The van der Waals surface area contributed by atoms with Gasteiger partial charge in [0.15, 0.2) is 0 Å². The van der Waals surface area contributed by atoms with E-state index in [1.165, 1.54) is 15.9 Å². The summed E-state index contributed by atoms with van der Waals surface area (Å²) in [6.07, 6.45) is 0. The van der Waals surface area contributed by atoms with Crippen molar-refractivity contribution in [2.45, 2.75) is 26.6 Å². The molecule has 0 heterocycles. The first kappa shape index (κ1) is 18.8. The van der Waals surface area contributed by atoms with E-state index in [2.05, 4.69) is 117 Å². The van der Waals surface area contributed by atoms with Crippen LogP contribution < -0.4 is 15.9 Å². The molecule has 0 spiro atoms. The molecule has 0 aliphatic heterocycles. The normalized spacial score (nSPS) is 12.9. The van der Waals surface area contributed by atoms with E-state index in [0.29, 0.717) is 5.78 Å². The Balaban J connectivity index is 2.35. The Kier molecular flexibility index (Phi) is 6.25. The molecule has 0 aliphatic rings. The maximum Gasteiger partial charge on any atom is 0.0348 e. The van der Waals surface area contributed by atoms with E-state index < -0.39 is 7.26 Å². The summed E-state index contributed by atoms with van der Waals surface area (Å²) >= 11 is 0. The number of rotatable bonds is 7. The first-order chi connectivity index (χ1) is 12.7. The van der Waals surface area contributed by atoms with E-state index in [9.17, 15) is 0 Å². The molecular weight excluding hydrogens is 333 g/mol. The van der Waals surface area contributed by atoms with Crippen molar-refractivity contribution in [1.82, 2.24) is 4.90 Å². The van der Waals surface area contributed by atoms with E-state index in [4.69, 9.17) is 0 Å². The standard InChI is InChI=1S/C24H29NP/c1-4-25(5-2)21(3)26(22-15-9-6-10-16-22,23-17-11-7-12-18-23)24-19-13-8-14-20-24/h6-21H,4-5H2,1-3H3. The van der Waals surface area contributed by atoms with Gasteiger partial charge < -0.3 is 0 Å². The second-order valence-corrected chi connectivity index (χ2v) is 10.3. The average Bonchev–Trinajstić information content (AvgIpc) is 2.72. The van der Waals surface area contributed by atoms with Gasteiger partial charge in [0.05, 0.1) is 0 Å². The fourth-order valence-electron chi connectivity index (χ4n) is 4.08. The average molecular weight is 362 g/mol. The van der Waals surface area contributed by atoms with Gasteiger partial charge in [-0.05, 0) is 43.2 Å². The van der Waals surface area contributed by atoms with Crippen molar-refractivity contribution < 1.29 is 0 Å². The zero-order valence-corrected chi connectivity index (χ0v) is 16.9. The Morgan fingerprint density at radius 3 is 1.19 bits per heavy atom. The van der Waals surface area contributed by atoms with E-state index in [-0.39, 0.29) is 0 Å². The molecule has 0 bridgehead atoms. The zero-order chi connectivity index (χ0) is 18.4. The van der Waals surface area contributed by atoms with Gasteiger partial charge in [0, 0.05) is 5.78 Å². The lowest BCUT2D eigenvalue weighted by atomic mass is 10.3. The van der Waals surface area contributed by atoms with Crippen LogP contribution in [0.1, 0.15) is 20.8 Å². The van der Waals surface area contributed by atoms with Gasteiger partial charge in [0.1, 0.15) is 0 Å². The van der Waals surface area contributed by atoms with Crippen LogP contribution in [0.4, 0.5) is 0 Å².